The van der Waals surface area contributed by atoms with Crippen LogP contribution < -0.4 is 10.9 Å². The number of aryl methyl sites for hydroxylation is 2. The number of benzene rings is 1. The molecule has 0 bridgehead atoms. The lowest BCUT2D eigenvalue weighted by Gasteiger charge is -2.08. The number of nitrogens with zero attached hydrogens (tertiary/aromatic N) is 3. The number of hydrogen-bond acceptors (Lipinski definition) is 6. The van der Waals surface area contributed by atoms with E-state index in [2.05, 4.69) is 19.8 Å². The van der Waals surface area contributed by atoms with Crippen LogP contribution in [0.2, 0.25) is 0 Å². The molecule has 3 aromatic heterocycles. The highest BCUT2D eigenvalue weighted by atomic mass is 16.4. The van der Waals surface area contributed by atoms with Crippen molar-refractivity contribution in [2.75, 3.05) is 5.32 Å². The summed E-state index contributed by atoms with van der Waals surface area (Å²) < 4.78 is 6.25. The molecule has 0 aliphatic heterocycles. The van der Waals surface area contributed by atoms with Crippen LogP contribution in [0.5, 0.6) is 5.75 Å². The molecule has 0 unspecified atom stereocenters. The van der Waals surface area contributed by atoms with E-state index < -0.39 is 11.5 Å². The van der Waals surface area contributed by atoms with Crippen molar-refractivity contribution in [1.29, 1.82) is 0 Å². The Bertz CT molecular complexity index is 1230. The Morgan fingerprint density at radius 1 is 1.11 bits per heavy atom. The molecule has 4 aromatic rings. The average molecular weight is 376 g/mol. The van der Waals surface area contributed by atoms with E-state index in [0.29, 0.717) is 5.65 Å². The van der Waals surface area contributed by atoms with Crippen LogP contribution in [0.25, 0.3) is 16.8 Å². The van der Waals surface area contributed by atoms with Crippen LogP contribution >= 0.6 is 0 Å². The van der Waals surface area contributed by atoms with E-state index >= 15 is 0 Å². The van der Waals surface area contributed by atoms with Crippen molar-refractivity contribution in [2.45, 2.75) is 13.8 Å². The lowest BCUT2D eigenvalue weighted by Crippen LogP contribution is -2.14. The zero-order valence-corrected chi connectivity index (χ0v) is 15.1. The summed E-state index contributed by atoms with van der Waals surface area (Å²) in [6.07, 6.45) is 2.88. The van der Waals surface area contributed by atoms with Crippen LogP contribution in [0, 0.1) is 13.8 Å². The Morgan fingerprint density at radius 2 is 1.86 bits per heavy atom. The van der Waals surface area contributed by atoms with Gasteiger partial charge in [0.1, 0.15) is 12.0 Å². The van der Waals surface area contributed by atoms with Gasteiger partial charge < -0.3 is 9.52 Å². The summed E-state index contributed by atoms with van der Waals surface area (Å²) in [6, 6.07) is 10.0. The second kappa shape index (κ2) is 6.66. The standard InChI is InChI=1S/C20H16N4O4/c1-11-7-15(8-12(2)18(11)26)13-3-5-16-21-20(23-24(16)9-13)22-19(27)14-4-6-17(25)28-10-14/h3-10,26H,1-2H3,(H,22,23,27). The number of phenols is 1. The smallest absolute Gasteiger partial charge is 0.335 e. The maximum Gasteiger partial charge on any atom is 0.335 e. The van der Waals surface area contributed by atoms with Gasteiger partial charge in [-0.2, -0.15) is 4.98 Å². The summed E-state index contributed by atoms with van der Waals surface area (Å²) in [4.78, 5) is 27.5. The zero-order chi connectivity index (χ0) is 19.8. The molecule has 3 heterocycles. The molecule has 0 atom stereocenters. The number of rotatable bonds is 3. The minimum Gasteiger partial charge on any atom is -0.507 e. The molecule has 8 nitrogen and oxygen atoms in total. The Morgan fingerprint density at radius 3 is 2.54 bits per heavy atom. The summed E-state index contributed by atoms with van der Waals surface area (Å²) in [5, 5.41) is 16.8. The maximum absolute atomic E-state index is 12.2. The fourth-order valence-electron chi connectivity index (χ4n) is 2.89. The van der Waals surface area contributed by atoms with E-state index in [1.165, 1.54) is 12.1 Å². The minimum atomic E-state index is -0.533. The van der Waals surface area contributed by atoms with E-state index in [0.717, 1.165) is 28.5 Å². The number of amides is 1. The van der Waals surface area contributed by atoms with Gasteiger partial charge in [-0.05, 0) is 60.9 Å². The number of phenolic OH excluding ortho intramolecular Hbond substituents is 1. The van der Waals surface area contributed by atoms with Gasteiger partial charge in [0, 0.05) is 17.8 Å². The number of anilines is 1. The van der Waals surface area contributed by atoms with Crippen LogP contribution in [0.1, 0.15) is 21.5 Å². The number of aromatic nitrogens is 3. The number of carbonyl (C=O) groups is 1. The Hall–Kier alpha value is -3.94. The highest BCUT2D eigenvalue weighted by molar-refractivity contribution is 6.03. The van der Waals surface area contributed by atoms with Crippen LogP contribution in [-0.4, -0.2) is 25.6 Å². The fraction of sp³-hybridized carbons (Fsp3) is 0.100. The average Bonchev–Trinajstić information content (AvgIpc) is 3.07. The predicted molar refractivity (Wildman–Crippen MR) is 102 cm³/mol. The molecule has 0 spiro atoms. The Kier molecular flexibility index (Phi) is 4.15. The summed E-state index contributed by atoms with van der Waals surface area (Å²) in [6.45, 7) is 3.69. The molecule has 4 rings (SSSR count). The molecular formula is C20H16N4O4. The molecule has 0 aliphatic rings. The lowest BCUT2D eigenvalue weighted by atomic mass is 10.0. The van der Waals surface area contributed by atoms with Crippen LogP contribution in [0.3, 0.4) is 0 Å². The number of fused-ring (bicyclic) bond motifs is 1. The molecule has 1 aromatic carbocycles. The second-order valence-corrected chi connectivity index (χ2v) is 6.41. The third kappa shape index (κ3) is 3.23. The van der Waals surface area contributed by atoms with Gasteiger partial charge in [-0.25, -0.2) is 9.31 Å². The van der Waals surface area contributed by atoms with Crippen molar-refractivity contribution < 1.29 is 14.3 Å². The molecule has 0 radical (unpaired) electrons. The quantitative estimate of drug-likeness (QED) is 0.569. The number of carbonyl (C=O) groups excluding carboxylic acids is 1. The SMILES string of the molecule is Cc1cc(-c2ccc3nc(NC(=O)c4ccc(=O)oc4)nn3c2)cc(C)c1O. The molecule has 0 saturated heterocycles. The van der Waals surface area contributed by atoms with Crippen molar-refractivity contribution in [3.63, 3.8) is 0 Å². The molecule has 0 aliphatic carbocycles. The van der Waals surface area contributed by atoms with E-state index in [4.69, 9.17) is 0 Å². The number of hydrogen-bond donors (Lipinski definition) is 2. The topological polar surface area (TPSA) is 110 Å². The molecule has 0 saturated carbocycles. The summed E-state index contributed by atoms with van der Waals surface area (Å²) in [7, 11) is 0. The monoisotopic (exact) mass is 376 g/mol. The van der Waals surface area contributed by atoms with Crippen LogP contribution in [0.15, 0.2) is 58.1 Å². The van der Waals surface area contributed by atoms with Crippen molar-refractivity contribution in [2.24, 2.45) is 0 Å². The molecule has 1 amide bonds. The van der Waals surface area contributed by atoms with Gasteiger partial charge in [0.25, 0.3) is 5.91 Å². The van der Waals surface area contributed by atoms with Gasteiger partial charge in [-0.15, -0.1) is 5.10 Å². The number of nitrogens with one attached hydrogen (secondary N) is 1. The van der Waals surface area contributed by atoms with Crippen molar-refractivity contribution >= 4 is 17.5 Å². The Balaban J connectivity index is 1.64. The summed E-state index contributed by atoms with van der Waals surface area (Å²) in [5.41, 5.74) is 3.63. The molecule has 0 fully saturated rings. The van der Waals surface area contributed by atoms with Crippen LogP contribution in [-0.2, 0) is 0 Å². The van der Waals surface area contributed by atoms with Crippen LogP contribution in [0.4, 0.5) is 5.95 Å². The van der Waals surface area contributed by atoms with Crippen molar-refractivity contribution in [3.8, 4) is 16.9 Å². The molecule has 2 N–H and O–H groups in total. The van der Waals surface area contributed by atoms with Gasteiger partial charge in [0.15, 0.2) is 5.65 Å². The van der Waals surface area contributed by atoms with E-state index in [9.17, 15) is 14.7 Å². The van der Waals surface area contributed by atoms with E-state index in [-0.39, 0.29) is 17.3 Å². The first-order valence-electron chi connectivity index (χ1n) is 8.48. The van der Waals surface area contributed by atoms with Crippen molar-refractivity contribution in [1.82, 2.24) is 14.6 Å². The van der Waals surface area contributed by atoms with Crippen molar-refractivity contribution in [3.05, 3.63) is 76.0 Å². The third-order valence-corrected chi connectivity index (χ3v) is 4.34. The third-order valence-electron chi connectivity index (χ3n) is 4.34. The second-order valence-electron chi connectivity index (χ2n) is 6.41. The number of aromatic hydroxyl groups is 1. The summed E-state index contributed by atoms with van der Waals surface area (Å²) >= 11 is 0. The first kappa shape index (κ1) is 17.5. The van der Waals surface area contributed by atoms with E-state index in [1.807, 2.05) is 32.0 Å². The van der Waals surface area contributed by atoms with E-state index in [1.54, 1.807) is 16.8 Å². The summed E-state index contributed by atoms with van der Waals surface area (Å²) in [5.74, 6) is -0.0663. The highest BCUT2D eigenvalue weighted by Crippen LogP contribution is 2.29. The lowest BCUT2D eigenvalue weighted by molar-refractivity contribution is 0.102. The maximum atomic E-state index is 12.2. The van der Waals surface area contributed by atoms with Gasteiger partial charge in [-0.3, -0.25) is 10.1 Å². The first-order chi connectivity index (χ1) is 13.4. The zero-order valence-electron chi connectivity index (χ0n) is 15.1. The van der Waals surface area contributed by atoms with Gasteiger partial charge in [0.05, 0.1) is 5.56 Å². The minimum absolute atomic E-state index is 0.131. The predicted octanol–water partition coefficient (Wildman–Crippen LogP) is 2.92. The Labute approximate surface area is 159 Å². The normalized spacial score (nSPS) is 10.9. The van der Waals surface area contributed by atoms with Gasteiger partial charge in [0.2, 0.25) is 5.95 Å². The molecular weight excluding hydrogens is 360 g/mol. The molecule has 28 heavy (non-hydrogen) atoms. The van der Waals surface area contributed by atoms with Gasteiger partial charge in [-0.1, -0.05) is 0 Å². The first-order valence-corrected chi connectivity index (χ1v) is 8.48. The molecule has 140 valence electrons. The number of pyridine rings is 1. The fourth-order valence-corrected chi connectivity index (χ4v) is 2.89. The molecule has 8 heteroatoms. The van der Waals surface area contributed by atoms with Gasteiger partial charge >= 0.3 is 5.63 Å². The largest absolute Gasteiger partial charge is 0.507 e. The highest BCUT2D eigenvalue weighted by Gasteiger charge is 2.12.